The van der Waals surface area contributed by atoms with Crippen molar-refractivity contribution in [1.82, 2.24) is 15.1 Å². The predicted molar refractivity (Wildman–Crippen MR) is 99.0 cm³/mol. The van der Waals surface area contributed by atoms with Crippen molar-refractivity contribution < 1.29 is 31.9 Å². The molecule has 29 heavy (non-hydrogen) atoms. The van der Waals surface area contributed by atoms with E-state index in [1.54, 1.807) is 4.90 Å². The highest BCUT2D eigenvalue weighted by Crippen LogP contribution is 2.24. The van der Waals surface area contributed by atoms with E-state index in [4.69, 9.17) is 0 Å². The van der Waals surface area contributed by atoms with Crippen molar-refractivity contribution in [3.63, 3.8) is 0 Å². The number of nitrogens with one attached hydrogen (secondary N) is 1. The van der Waals surface area contributed by atoms with Gasteiger partial charge in [0.05, 0.1) is 6.54 Å². The van der Waals surface area contributed by atoms with Crippen LogP contribution < -0.4 is 10.1 Å². The Bertz CT molecular complexity index is 718. The Balaban J connectivity index is 1.76. The average Bonchev–Trinajstić information content (AvgIpc) is 2.70. The third-order valence-corrected chi connectivity index (χ3v) is 4.33. The first-order valence-corrected chi connectivity index (χ1v) is 8.98. The number of rotatable bonds is 8. The number of benzene rings is 1. The number of carbonyl (C=O) groups excluding carboxylic acids is 2. The van der Waals surface area contributed by atoms with Gasteiger partial charge in [-0.2, -0.15) is 8.78 Å². The molecule has 2 amide bonds. The second-order valence-electron chi connectivity index (χ2n) is 6.65. The Kier molecular flexibility index (Phi) is 8.00. The molecule has 0 bridgehead atoms. The Morgan fingerprint density at radius 2 is 1.79 bits per heavy atom. The first-order valence-electron chi connectivity index (χ1n) is 8.98. The molecule has 1 heterocycles. The van der Waals surface area contributed by atoms with E-state index in [1.807, 2.05) is 7.05 Å². The Morgan fingerprint density at radius 1 is 1.17 bits per heavy atom. The summed E-state index contributed by atoms with van der Waals surface area (Å²) in [5.41, 5.74) is 0.568. The molecule has 0 radical (unpaired) electrons. The van der Waals surface area contributed by atoms with Gasteiger partial charge in [0.2, 0.25) is 11.8 Å². The minimum Gasteiger partial charge on any atom is -0.487 e. The second-order valence-corrected chi connectivity index (χ2v) is 6.65. The van der Waals surface area contributed by atoms with Crippen molar-refractivity contribution in [3.8, 4) is 5.75 Å². The van der Waals surface area contributed by atoms with E-state index < -0.39 is 24.9 Å². The van der Waals surface area contributed by atoms with E-state index >= 15 is 0 Å². The zero-order chi connectivity index (χ0) is 21.4. The Hall–Kier alpha value is -2.62. The standard InChI is InChI=1S/C19H23F4N3O3/c1-25-8-10-26(11-9-25)17(28)12-24-16(27)7-4-14-2-5-15(6-3-14)29-13-19(22,23)18(20)21/h2-7,18H,8-13H2,1H3,(H,24,27)/b7-4+. The highest BCUT2D eigenvalue weighted by Gasteiger charge is 2.41. The molecule has 1 aromatic rings. The van der Waals surface area contributed by atoms with Crippen molar-refractivity contribution in [2.24, 2.45) is 0 Å². The summed E-state index contributed by atoms with van der Waals surface area (Å²) in [5, 5.41) is 2.51. The van der Waals surface area contributed by atoms with Crippen LogP contribution in [0.2, 0.25) is 0 Å². The second kappa shape index (κ2) is 10.2. The molecule has 160 valence electrons. The molecule has 1 saturated heterocycles. The fraction of sp³-hybridized carbons (Fsp3) is 0.474. The number of hydrogen-bond donors (Lipinski definition) is 1. The third kappa shape index (κ3) is 7.37. The Labute approximate surface area is 166 Å². The lowest BCUT2D eigenvalue weighted by Gasteiger charge is -2.32. The number of halogens is 4. The summed E-state index contributed by atoms with van der Waals surface area (Å²) in [7, 11) is 1.98. The molecule has 1 aromatic carbocycles. The lowest BCUT2D eigenvalue weighted by atomic mass is 10.2. The topological polar surface area (TPSA) is 61.9 Å². The van der Waals surface area contributed by atoms with E-state index in [0.717, 1.165) is 13.1 Å². The molecule has 0 aromatic heterocycles. The van der Waals surface area contributed by atoms with Gasteiger partial charge >= 0.3 is 12.3 Å². The molecule has 10 heteroatoms. The summed E-state index contributed by atoms with van der Waals surface area (Å²) < 4.78 is 54.5. The zero-order valence-corrected chi connectivity index (χ0v) is 15.9. The normalized spacial score (nSPS) is 15.7. The molecule has 0 spiro atoms. The van der Waals surface area contributed by atoms with Crippen LogP contribution in [0.5, 0.6) is 5.75 Å². The molecule has 1 aliphatic heterocycles. The van der Waals surface area contributed by atoms with Crippen LogP contribution in [0, 0.1) is 0 Å². The van der Waals surface area contributed by atoms with Gasteiger partial charge in [-0.15, -0.1) is 0 Å². The first-order chi connectivity index (χ1) is 13.7. The smallest absolute Gasteiger partial charge is 0.340 e. The van der Waals surface area contributed by atoms with E-state index in [9.17, 15) is 27.2 Å². The third-order valence-electron chi connectivity index (χ3n) is 4.33. The van der Waals surface area contributed by atoms with Gasteiger partial charge in [0.1, 0.15) is 5.75 Å². The predicted octanol–water partition coefficient (Wildman–Crippen LogP) is 1.87. The Morgan fingerprint density at radius 3 is 2.38 bits per heavy atom. The number of ether oxygens (including phenoxy) is 1. The van der Waals surface area contributed by atoms with Crippen LogP contribution in [0.1, 0.15) is 5.56 Å². The van der Waals surface area contributed by atoms with Gasteiger partial charge in [-0.1, -0.05) is 12.1 Å². The van der Waals surface area contributed by atoms with Crippen molar-refractivity contribution >= 4 is 17.9 Å². The lowest BCUT2D eigenvalue weighted by molar-refractivity contribution is -0.148. The number of nitrogens with zero attached hydrogens (tertiary/aromatic N) is 2. The van der Waals surface area contributed by atoms with Crippen molar-refractivity contribution in [1.29, 1.82) is 0 Å². The molecular formula is C19H23F4N3O3. The summed E-state index contributed by atoms with van der Waals surface area (Å²) in [6.45, 7) is 1.30. The zero-order valence-electron chi connectivity index (χ0n) is 15.9. The van der Waals surface area contributed by atoms with Crippen LogP contribution in [0.4, 0.5) is 17.6 Å². The van der Waals surface area contributed by atoms with Crippen LogP contribution in [-0.4, -0.2) is 80.3 Å². The molecular weight excluding hydrogens is 394 g/mol. The molecule has 2 rings (SSSR count). The first kappa shape index (κ1) is 22.7. The molecule has 0 aliphatic carbocycles. The highest BCUT2D eigenvalue weighted by atomic mass is 19.3. The largest absolute Gasteiger partial charge is 0.487 e. The van der Waals surface area contributed by atoms with Gasteiger partial charge in [0, 0.05) is 32.3 Å². The van der Waals surface area contributed by atoms with Crippen LogP contribution in [0.3, 0.4) is 0 Å². The van der Waals surface area contributed by atoms with Crippen molar-refractivity contribution in [2.75, 3.05) is 46.4 Å². The van der Waals surface area contributed by atoms with Gasteiger partial charge < -0.3 is 19.9 Å². The van der Waals surface area contributed by atoms with Gasteiger partial charge in [-0.05, 0) is 30.8 Å². The monoisotopic (exact) mass is 417 g/mol. The summed E-state index contributed by atoms with van der Waals surface area (Å²) in [4.78, 5) is 27.7. The van der Waals surface area contributed by atoms with Gasteiger partial charge in [-0.3, -0.25) is 9.59 Å². The maximum Gasteiger partial charge on any atom is 0.340 e. The maximum absolute atomic E-state index is 12.8. The molecule has 0 atom stereocenters. The maximum atomic E-state index is 12.8. The number of carbonyl (C=O) groups is 2. The fourth-order valence-electron chi connectivity index (χ4n) is 2.48. The minimum absolute atomic E-state index is 0.00435. The summed E-state index contributed by atoms with van der Waals surface area (Å²) in [5.74, 6) is -4.82. The van der Waals surface area contributed by atoms with E-state index in [0.29, 0.717) is 18.7 Å². The number of piperazine rings is 1. The van der Waals surface area contributed by atoms with Crippen LogP contribution >= 0.6 is 0 Å². The number of alkyl halides is 4. The molecule has 6 nitrogen and oxygen atoms in total. The molecule has 0 unspecified atom stereocenters. The van der Waals surface area contributed by atoms with Gasteiger partial charge in [0.15, 0.2) is 6.61 Å². The van der Waals surface area contributed by atoms with Gasteiger partial charge in [0.25, 0.3) is 0 Å². The summed E-state index contributed by atoms with van der Waals surface area (Å²) in [6.07, 6.45) is -1.10. The van der Waals surface area contributed by atoms with Crippen LogP contribution in [0.25, 0.3) is 6.08 Å². The quantitative estimate of drug-likeness (QED) is 0.518. The summed E-state index contributed by atoms with van der Waals surface area (Å²) in [6, 6.07) is 5.62. The SMILES string of the molecule is CN1CCN(C(=O)CNC(=O)/C=C/c2ccc(OCC(F)(F)C(F)F)cc2)CC1. The number of likely N-dealkylation sites (N-methyl/N-ethyl adjacent to an activating group) is 1. The lowest BCUT2D eigenvalue weighted by Crippen LogP contribution is -2.49. The average molecular weight is 417 g/mol. The molecule has 1 N–H and O–H groups in total. The fourth-order valence-corrected chi connectivity index (χ4v) is 2.48. The minimum atomic E-state index is -4.22. The van der Waals surface area contributed by atoms with E-state index in [-0.39, 0.29) is 18.2 Å². The molecule has 1 fully saturated rings. The van der Waals surface area contributed by atoms with E-state index in [2.05, 4.69) is 15.0 Å². The van der Waals surface area contributed by atoms with Crippen molar-refractivity contribution in [3.05, 3.63) is 35.9 Å². The van der Waals surface area contributed by atoms with Crippen LogP contribution in [0.15, 0.2) is 30.3 Å². The van der Waals surface area contributed by atoms with E-state index in [1.165, 1.54) is 36.4 Å². The van der Waals surface area contributed by atoms with Crippen LogP contribution in [-0.2, 0) is 9.59 Å². The number of amides is 2. The number of hydrogen-bond acceptors (Lipinski definition) is 4. The summed E-state index contributed by atoms with van der Waals surface area (Å²) >= 11 is 0. The van der Waals surface area contributed by atoms with Crippen molar-refractivity contribution in [2.45, 2.75) is 12.3 Å². The molecule has 1 aliphatic rings. The van der Waals surface area contributed by atoms with Gasteiger partial charge in [-0.25, -0.2) is 8.78 Å². The molecule has 0 saturated carbocycles. The highest BCUT2D eigenvalue weighted by molar-refractivity contribution is 5.94.